The third-order valence-electron chi connectivity index (χ3n) is 3.72. The summed E-state index contributed by atoms with van der Waals surface area (Å²) in [4.78, 5) is 23.8. The highest BCUT2D eigenvalue weighted by atomic mass is 32.2. The number of sulfone groups is 1. The van der Waals surface area contributed by atoms with E-state index in [1.54, 1.807) is 0 Å². The first-order valence-electron chi connectivity index (χ1n) is 8.31. The van der Waals surface area contributed by atoms with Gasteiger partial charge in [-0.2, -0.15) is 0 Å². The molecule has 150 valence electrons. The lowest BCUT2D eigenvalue weighted by molar-refractivity contribution is -0.114. The predicted molar refractivity (Wildman–Crippen MR) is 100 cm³/mol. The molecule has 0 aliphatic carbocycles. The Kier molecular flexibility index (Phi) is 6.31. The van der Waals surface area contributed by atoms with E-state index in [0.717, 1.165) is 36.3 Å². The average Bonchev–Trinajstić information content (AvgIpc) is 3.27. The number of aromatic nitrogens is 2. The molecule has 0 spiro atoms. The van der Waals surface area contributed by atoms with Crippen molar-refractivity contribution in [1.29, 1.82) is 0 Å². The second kappa shape index (κ2) is 8.71. The number of benzene rings is 1. The number of nitrogens with one attached hydrogen (secondary N) is 2. The van der Waals surface area contributed by atoms with Crippen LogP contribution in [0.25, 0.3) is 0 Å². The predicted octanol–water partition coefficient (Wildman–Crippen LogP) is 1.52. The van der Waals surface area contributed by atoms with Crippen molar-refractivity contribution in [3.63, 3.8) is 0 Å². The van der Waals surface area contributed by atoms with E-state index in [4.69, 9.17) is 4.74 Å². The molecular formula is C16H17FN4O5S2. The van der Waals surface area contributed by atoms with E-state index < -0.39 is 39.0 Å². The number of rotatable bonds is 7. The summed E-state index contributed by atoms with van der Waals surface area (Å²) in [6, 6.07) is 4.86. The molecule has 3 rings (SSSR count). The van der Waals surface area contributed by atoms with Crippen molar-refractivity contribution >= 4 is 43.8 Å². The van der Waals surface area contributed by atoms with Crippen LogP contribution in [-0.2, 0) is 24.2 Å². The van der Waals surface area contributed by atoms with Crippen LogP contribution in [0.4, 0.5) is 15.2 Å². The fraction of sp³-hybridized carbons (Fsp3) is 0.375. The fourth-order valence-corrected chi connectivity index (χ4v) is 4.41. The second-order valence-electron chi connectivity index (χ2n) is 6.08. The van der Waals surface area contributed by atoms with Crippen LogP contribution < -0.4 is 10.6 Å². The van der Waals surface area contributed by atoms with Gasteiger partial charge in [-0.05, 0) is 37.1 Å². The normalized spacial score (nSPS) is 16.7. The first-order valence-corrected chi connectivity index (χ1v) is 11.0. The quantitative estimate of drug-likeness (QED) is 0.684. The summed E-state index contributed by atoms with van der Waals surface area (Å²) in [6.45, 7) is 0.643. The summed E-state index contributed by atoms with van der Waals surface area (Å²) in [6.07, 6.45) is 1.59. The van der Waals surface area contributed by atoms with E-state index in [1.165, 1.54) is 12.1 Å². The highest BCUT2D eigenvalue weighted by Gasteiger charge is 2.24. The number of hydrogen-bond donors (Lipinski definition) is 2. The van der Waals surface area contributed by atoms with E-state index in [1.807, 2.05) is 0 Å². The fourth-order valence-electron chi connectivity index (χ4n) is 2.52. The molecule has 0 saturated carbocycles. The molecule has 1 atom stereocenters. The molecule has 2 aromatic rings. The Morgan fingerprint density at radius 3 is 2.46 bits per heavy atom. The second-order valence-corrected chi connectivity index (χ2v) is 9.16. The Morgan fingerprint density at radius 2 is 1.82 bits per heavy atom. The largest absolute Gasteiger partial charge is 0.371 e. The van der Waals surface area contributed by atoms with Crippen LogP contribution in [0.1, 0.15) is 24.0 Å². The Bertz CT molecular complexity index is 956. The minimum atomic E-state index is -4.00. The smallest absolute Gasteiger partial charge is 0.241 e. The summed E-state index contributed by atoms with van der Waals surface area (Å²) in [5.41, 5.74) is 0.251. The third kappa shape index (κ3) is 5.78. The van der Waals surface area contributed by atoms with Gasteiger partial charge in [0.1, 0.15) is 28.4 Å². The van der Waals surface area contributed by atoms with Crippen molar-refractivity contribution in [1.82, 2.24) is 10.2 Å². The number of nitrogens with zero attached hydrogens (tertiary/aromatic N) is 2. The minimum Gasteiger partial charge on any atom is -0.371 e. The van der Waals surface area contributed by atoms with Crippen LogP contribution in [0, 0.1) is 5.82 Å². The van der Waals surface area contributed by atoms with Crippen LogP contribution in [0.2, 0.25) is 0 Å². The number of ether oxygens (including phenoxy) is 1. The lowest BCUT2D eigenvalue weighted by atomic mass is 10.2. The number of carbonyl (C=O) groups excluding carboxylic acids is 2. The van der Waals surface area contributed by atoms with Gasteiger partial charge in [0.2, 0.25) is 16.9 Å². The van der Waals surface area contributed by atoms with Crippen molar-refractivity contribution in [2.75, 3.05) is 28.7 Å². The first-order chi connectivity index (χ1) is 13.3. The maximum Gasteiger partial charge on any atom is 0.241 e. The van der Waals surface area contributed by atoms with Crippen LogP contribution in [0.3, 0.4) is 0 Å². The molecule has 0 bridgehead atoms. The summed E-state index contributed by atoms with van der Waals surface area (Å²) in [7, 11) is -4.00. The standard InChI is InChI=1S/C16H17FN4O5S2/c17-10-3-5-11(6-4-10)18-13(22)8-28(24,25)9-14(23)19-16-21-20-15(27-16)12-2-1-7-26-12/h3-6,12H,1-2,7-9H2,(H,18,22)(H,19,21,23). The lowest BCUT2D eigenvalue weighted by Crippen LogP contribution is -2.30. The molecule has 2 amide bonds. The molecule has 1 fully saturated rings. The van der Waals surface area contributed by atoms with Gasteiger partial charge in [0, 0.05) is 12.3 Å². The van der Waals surface area contributed by atoms with Gasteiger partial charge in [0.05, 0.1) is 0 Å². The molecule has 9 nitrogen and oxygen atoms in total. The van der Waals surface area contributed by atoms with Crippen LogP contribution in [0.5, 0.6) is 0 Å². The molecule has 1 aromatic carbocycles. The van der Waals surface area contributed by atoms with E-state index >= 15 is 0 Å². The van der Waals surface area contributed by atoms with Gasteiger partial charge in [0.25, 0.3) is 0 Å². The van der Waals surface area contributed by atoms with E-state index in [2.05, 4.69) is 20.8 Å². The number of carbonyl (C=O) groups is 2. The van der Waals surface area contributed by atoms with Gasteiger partial charge in [-0.25, -0.2) is 12.8 Å². The zero-order chi connectivity index (χ0) is 20.1. The van der Waals surface area contributed by atoms with Gasteiger partial charge < -0.3 is 10.1 Å². The van der Waals surface area contributed by atoms with Crippen LogP contribution >= 0.6 is 11.3 Å². The van der Waals surface area contributed by atoms with Gasteiger partial charge >= 0.3 is 0 Å². The van der Waals surface area contributed by atoms with E-state index in [0.29, 0.717) is 11.6 Å². The van der Waals surface area contributed by atoms with Crippen molar-refractivity contribution in [2.24, 2.45) is 0 Å². The van der Waals surface area contributed by atoms with Crippen LogP contribution in [-0.4, -0.2) is 48.5 Å². The Labute approximate surface area is 164 Å². The number of anilines is 2. The van der Waals surface area contributed by atoms with Crippen molar-refractivity contribution < 1.29 is 27.1 Å². The highest BCUT2D eigenvalue weighted by Crippen LogP contribution is 2.31. The van der Waals surface area contributed by atoms with Gasteiger partial charge in [-0.1, -0.05) is 11.3 Å². The molecular weight excluding hydrogens is 411 g/mol. The minimum absolute atomic E-state index is 0.151. The molecule has 1 aliphatic heterocycles. The molecule has 2 heterocycles. The lowest BCUT2D eigenvalue weighted by Gasteiger charge is -2.06. The maximum atomic E-state index is 12.8. The van der Waals surface area contributed by atoms with E-state index in [-0.39, 0.29) is 16.9 Å². The topological polar surface area (TPSA) is 127 Å². The highest BCUT2D eigenvalue weighted by molar-refractivity contribution is 7.92. The Hall–Kier alpha value is -2.44. The zero-order valence-corrected chi connectivity index (χ0v) is 16.2. The Morgan fingerprint density at radius 1 is 1.14 bits per heavy atom. The molecule has 0 radical (unpaired) electrons. The molecule has 1 saturated heterocycles. The summed E-state index contributed by atoms with van der Waals surface area (Å²) in [5, 5.41) is 13.2. The summed E-state index contributed by atoms with van der Waals surface area (Å²) >= 11 is 1.12. The van der Waals surface area contributed by atoms with Crippen molar-refractivity contribution in [3.05, 3.63) is 35.1 Å². The number of halogens is 1. The van der Waals surface area contributed by atoms with Gasteiger partial charge in [-0.15, -0.1) is 10.2 Å². The number of hydrogen-bond acceptors (Lipinski definition) is 8. The van der Waals surface area contributed by atoms with Crippen molar-refractivity contribution in [2.45, 2.75) is 18.9 Å². The Balaban J connectivity index is 1.50. The van der Waals surface area contributed by atoms with Crippen molar-refractivity contribution in [3.8, 4) is 0 Å². The average molecular weight is 428 g/mol. The SMILES string of the molecule is O=C(CS(=O)(=O)CC(=O)Nc1nnc(C2CCCO2)s1)Nc1ccc(F)cc1. The van der Waals surface area contributed by atoms with Gasteiger partial charge in [0.15, 0.2) is 9.84 Å². The molecule has 28 heavy (non-hydrogen) atoms. The monoisotopic (exact) mass is 428 g/mol. The summed E-state index contributed by atoms with van der Waals surface area (Å²) < 4.78 is 42.4. The molecule has 2 N–H and O–H groups in total. The van der Waals surface area contributed by atoms with E-state index in [9.17, 15) is 22.4 Å². The molecule has 1 aliphatic rings. The first kappa shape index (κ1) is 20.3. The zero-order valence-electron chi connectivity index (χ0n) is 14.6. The van der Waals surface area contributed by atoms with Gasteiger partial charge in [-0.3, -0.25) is 14.9 Å². The molecule has 12 heteroatoms. The molecule has 1 aromatic heterocycles. The summed E-state index contributed by atoms with van der Waals surface area (Å²) in [5.74, 6) is -3.88. The molecule has 1 unspecified atom stereocenters. The number of amides is 2. The third-order valence-corrected chi connectivity index (χ3v) is 6.06. The maximum absolute atomic E-state index is 12.8. The van der Waals surface area contributed by atoms with Crippen LogP contribution in [0.15, 0.2) is 24.3 Å².